The lowest BCUT2D eigenvalue weighted by Gasteiger charge is -2.06. The molecule has 118 valence electrons. The van der Waals surface area contributed by atoms with Crippen LogP contribution in [0.25, 0.3) is 10.9 Å². The van der Waals surface area contributed by atoms with Crippen LogP contribution >= 0.6 is 0 Å². The van der Waals surface area contributed by atoms with E-state index in [9.17, 15) is 4.79 Å². The van der Waals surface area contributed by atoms with E-state index >= 15 is 0 Å². The van der Waals surface area contributed by atoms with Gasteiger partial charge in [0.15, 0.2) is 6.29 Å². The Morgan fingerprint density at radius 3 is 2.57 bits per heavy atom. The molecule has 0 radical (unpaired) electrons. The third-order valence-corrected chi connectivity index (χ3v) is 2.78. The Labute approximate surface area is 134 Å². The summed E-state index contributed by atoms with van der Waals surface area (Å²) in [5.41, 5.74) is 1.20. The van der Waals surface area contributed by atoms with Crippen molar-refractivity contribution in [3.05, 3.63) is 54.2 Å². The van der Waals surface area contributed by atoms with Crippen LogP contribution in [0.1, 0.15) is 16.3 Å². The molecule has 0 amide bonds. The highest BCUT2D eigenvalue weighted by molar-refractivity contribution is 5.79. The van der Waals surface area contributed by atoms with Gasteiger partial charge in [0, 0.05) is 23.8 Å². The molecule has 0 saturated carbocycles. The lowest BCUT2D eigenvalue weighted by atomic mass is 10.2. The van der Waals surface area contributed by atoms with Gasteiger partial charge in [-0.15, -0.1) is 0 Å². The number of ether oxygens (including phenoxy) is 1. The summed E-state index contributed by atoms with van der Waals surface area (Å²) in [6.45, 7) is 1.85. The maximum Gasteiger partial charge on any atom is 0.168 e. The van der Waals surface area contributed by atoms with Crippen LogP contribution in [0, 0.1) is 6.92 Å². The zero-order valence-corrected chi connectivity index (χ0v) is 13.3. The smallest absolute Gasteiger partial charge is 0.168 e. The van der Waals surface area contributed by atoms with E-state index in [2.05, 4.69) is 20.3 Å². The molecule has 1 N–H and O–H groups in total. The van der Waals surface area contributed by atoms with E-state index in [0.29, 0.717) is 23.5 Å². The number of aromatic nitrogens is 3. The molecule has 0 unspecified atom stereocenters. The van der Waals surface area contributed by atoms with Crippen LogP contribution in [0.3, 0.4) is 0 Å². The van der Waals surface area contributed by atoms with Crippen molar-refractivity contribution in [3.63, 3.8) is 0 Å². The summed E-state index contributed by atoms with van der Waals surface area (Å²) in [7, 11) is 3.75. The SMILES string of the molecule is CNC.Cc1ncc2cc(Oc3ccnc(C=O)c3)ccc2n1. The number of rotatable bonds is 3. The third kappa shape index (κ3) is 4.55. The maximum atomic E-state index is 10.7. The van der Waals surface area contributed by atoms with Crippen LogP contribution in [-0.2, 0) is 0 Å². The molecule has 2 aromatic heterocycles. The van der Waals surface area contributed by atoms with Gasteiger partial charge in [-0.2, -0.15) is 0 Å². The number of aldehydes is 1. The van der Waals surface area contributed by atoms with E-state index in [4.69, 9.17) is 4.74 Å². The number of carbonyl (C=O) groups is 1. The molecule has 1 aromatic carbocycles. The van der Waals surface area contributed by atoms with Gasteiger partial charge in [0.1, 0.15) is 23.0 Å². The van der Waals surface area contributed by atoms with Crippen molar-refractivity contribution in [1.29, 1.82) is 0 Å². The average Bonchev–Trinajstić information content (AvgIpc) is 2.56. The summed E-state index contributed by atoms with van der Waals surface area (Å²) in [4.78, 5) is 23.1. The van der Waals surface area contributed by atoms with Gasteiger partial charge < -0.3 is 10.1 Å². The monoisotopic (exact) mass is 310 g/mol. The minimum absolute atomic E-state index is 0.335. The first-order valence-electron chi connectivity index (χ1n) is 7.07. The number of hydrogen-bond acceptors (Lipinski definition) is 6. The van der Waals surface area contributed by atoms with Gasteiger partial charge in [-0.25, -0.2) is 9.97 Å². The van der Waals surface area contributed by atoms with Gasteiger partial charge in [0.05, 0.1) is 5.52 Å². The van der Waals surface area contributed by atoms with Crippen molar-refractivity contribution in [1.82, 2.24) is 20.3 Å². The molecule has 0 atom stereocenters. The highest BCUT2D eigenvalue weighted by atomic mass is 16.5. The largest absolute Gasteiger partial charge is 0.457 e. The molecule has 23 heavy (non-hydrogen) atoms. The molecule has 3 rings (SSSR count). The summed E-state index contributed by atoms with van der Waals surface area (Å²) in [5, 5.41) is 3.65. The molecule has 6 heteroatoms. The molecular formula is C17H18N4O2. The highest BCUT2D eigenvalue weighted by Gasteiger charge is 2.02. The Hall–Kier alpha value is -2.86. The van der Waals surface area contributed by atoms with E-state index in [1.165, 1.54) is 6.20 Å². The fourth-order valence-electron chi connectivity index (χ4n) is 1.86. The number of fused-ring (bicyclic) bond motifs is 1. The van der Waals surface area contributed by atoms with Crippen molar-refractivity contribution in [2.24, 2.45) is 0 Å². The van der Waals surface area contributed by atoms with Crippen LogP contribution in [0.5, 0.6) is 11.5 Å². The predicted octanol–water partition coefficient (Wildman–Crippen LogP) is 2.77. The quantitative estimate of drug-likeness (QED) is 0.750. The Balaban J connectivity index is 0.000000595. The summed E-state index contributed by atoms with van der Waals surface area (Å²) in [6, 6.07) is 8.85. The molecular weight excluding hydrogens is 292 g/mol. The Kier molecular flexibility index (Phi) is 5.71. The average molecular weight is 310 g/mol. The van der Waals surface area contributed by atoms with E-state index in [0.717, 1.165) is 16.7 Å². The first kappa shape index (κ1) is 16.5. The molecule has 0 aliphatic carbocycles. The zero-order chi connectivity index (χ0) is 16.7. The number of carbonyl (C=O) groups excluding carboxylic acids is 1. The van der Waals surface area contributed by atoms with Crippen LogP contribution < -0.4 is 10.1 Å². The van der Waals surface area contributed by atoms with E-state index in [1.54, 1.807) is 18.3 Å². The lowest BCUT2D eigenvalue weighted by molar-refractivity contribution is 0.111. The number of pyridine rings is 1. The summed E-state index contributed by atoms with van der Waals surface area (Å²) >= 11 is 0. The molecule has 0 aliphatic rings. The van der Waals surface area contributed by atoms with Crippen LogP contribution in [0.15, 0.2) is 42.7 Å². The van der Waals surface area contributed by atoms with Gasteiger partial charge in [0.2, 0.25) is 0 Å². The summed E-state index contributed by atoms with van der Waals surface area (Å²) < 4.78 is 5.70. The molecule has 3 aromatic rings. The van der Waals surface area contributed by atoms with Gasteiger partial charge in [-0.1, -0.05) is 0 Å². The van der Waals surface area contributed by atoms with Crippen LogP contribution in [0.2, 0.25) is 0 Å². The van der Waals surface area contributed by atoms with E-state index < -0.39 is 0 Å². The van der Waals surface area contributed by atoms with Crippen molar-refractivity contribution < 1.29 is 9.53 Å². The minimum atomic E-state index is 0.335. The standard InChI is InChI=1S/C15H11N3O2.C2H7N/c1-10-17-8-11-6-13(2-3-15(11)18-10)20-14-4-5-16-12(7-14)9-19;1-3-2/h2-9H,1H3;3H,1-2H3. The zero-order valence-electron chi connectivity index (χ0n) is 13.3. The Bertz CT molecular complexity index is 805. The number of hydrogen-bond donors (Lipinski definition) is 1. The van der Waals surface area contributed by atoms with Crippen molar-refractivity contribution >= 4 is 17.2 Å². The van der Waals surface area contributed by atoms with Gasteiger partial charge >= 0.3 is 0 Å². The topological polar surface area (TPSA) is 77.0 Å². The molecule has 0 fully saturated rings. The van der Waals surface area contributed by atoms with Crippen LogP contribution in [-0.4, -0.2) is 35.3 Å². The molecule has 0 bridgehead atoms. The normalized spacial score (nSPS) is 9.87. The lowest BCUT2D eigenvalue weighted by Crippen LogP contribution is -1.91. The second-order valence-electron chi connectivity index (χ2n) is 4.77. The third-order valence-electron chi connectivity index (χ3n) is 2.78. The first-order chi connectivity index (χ1) is 11.2. The predicted molar refractivity (Wildman–Crippen MR) is 89.0 cm³/mol. The Morgan fingerprint density at radius 2 is 1.83 bits per heavy atom. The van der Waals surface area contributed by atoms with Gasteiger partial charge in [-0.3, -0.25) is 9.78 Å². The number of nitrogens with zero attached hydrogens (tertiary/aromatic N) is 3. The first-order valence-corrected chi connectivity index (χ1v) is 7.07. The number of nitrogens with one attached hydrogen (secondary N) is 1. The van der Waals surface area contributed by atoms with E-state index in [1.807, 2.05) is 39.2 Å². The number of aryl methyl sites for hydroxylation is 1. The summed E-state index contributed by atoms with van der Waals surface area (Å²) in [5.74, 6) is 1.96. The van der Waals surface area contributed by atoms with Gasteiger partial charge in [-0.05, 0) is 45.3 Å². The fraction of sp³-hybridized carbons (Fsp3) is 0.176. The molecule has 6 nitrogen and oxygen atoms in total. The van der Waals surface area contributed by atoms with Crippen molar-refractivity contribution in [2.75, 3.05) is 14.1 Å². The number of benzene rings is 1. The molecule has 0 aliphatic heterocycles. The molecule has 0 saturated heterocycles. The second kappa shape index (κ2) is 7.95. The van der Waals surface area contributed by atoms with Crippen molar-refractivity contribution in [2.45, 2.75) is 6.92 Å². The Morgan fingerprint density at radius 1 is 1.09 bits per heavy atom. The highest BCUT2D eigenvalue weighted by Crippen LogP contribution is 2.24. The van der Waals surface area contributed by atoms with Crippen molar-refractivity contribution in [3.8, 4) is 11.5 Å². The minimum Gasteiger partial charge on any atom is -0.457 e. The maximum absolute atomic E-state index is 10.7. The van der Waals surface area contributed by atoms with Gasteiger partial charge in [0.25, 0.3) is 0 Å². The second-order valence-corrected chi connectivity index (χ2v) is 4.77. The fourth-order valence-corrected chi connectivity index (χ4v) is 1.86. The van der Waals surface area contributed by atoms with E-state index in [-0.39, 0.29) is 0 Å². The summed E-state index contributed by atoms with van der Waals surface area (Å²) in [6.07, 6.45) is 3.98. The van der Waals surface area contributed by atoms with Crippen LogP contribution in [0.4, 0.5) is 0 Å². The molecule has 2 heterocycles. The molecule has 0 spiro atoms.